The molecule has 3 amide bonds. The lowest BCUT2D eigenvalue weighted by atomic mass is 9.99. The van der Waals surface area contributed by atoms with Crippen LogP contribution in [0.3, 0.4) is 0 Å². The molecule has 1 N–H and O–H groups in total. The number of cyclic esters (lactones) is 1. The van der Waals surface area contributed by atoms with Crippen LogP contribution in [0.5, 0.6) is 0 Å². The van der Waals surface area contributed by atoms with Crippen molar-refractivity contribution in [3.05, 3.63) is 35.9 Å². The summed E-state index contributed by atoms with van der Waals surface area (Å²) in [5, 5.41) is 2.74. The van der Waals surface area contributed by atoms with Crippen LogP contribution in [0.4, 0.5) is 4.79 Å². The molecule has 0 unspecified atom stereocenters. The Bertz CT molecular complexity index is 602. The van der Waals surface area contributed by atoms with E-state index in [9.17, 15) is 14.4 Å². The lowest BCUT2D eigenvalue weighted by molar-refractivity contribution is -0.133. The zero-order chi connectivity index (χ0) is 16.2. The van der Waals surface area contributed by atoms with Crippen molar-refractivity contribution in [3.8, 4) is 0 Å². The standard InChI is InChI=1S/C17H20N2O4/c20-15-8-4-7-13(10-18-15)16(21)19-14(11-23-17(19)22)9-12-5-2-1-3-6-12/h1-3,5-6,13-14H,4,7-11H2,(H,18,20)/t13-,14+/m0/s1. The molecule has 3 rings (SSSR count). The number of nitrogens with one attached hydrogen (secondary N) is 1. The van der Waals surface area contributed by atoms with Gasteiger partial charge in [0.2, 0.25) is 11.8 Å². The molecule has 0 saturated carbocycles. The van der Waals surface area contributed by atoms with E-state index in [0.29, 0.717) is 32.2 Å². The molecule has 2 aliphatic heterocycles. The summed E-state index contributed by atoms with van der Waals surface area (Å²) in [7, 11) is 0. The lowest BCUT2D eigenvalue weighted by Gasteiger charge is -2.24. The Hall–Kier alpha value is -2.37. The minimum absolute atomic E-state index is 0.0369. The maximum atomic E-state index is 12.7. The number of ether oxygens (including phenoxy) is 1. The molecule has 1 aromatic rings. The maximum Gasteiger partial charge on any atom is 0.416 e. The van der Waals surface area contributed by atoms with Gasteiger partial charge in [-0.1, -0.05) is 30.3 Å². The van der Waals surface area contributed by atoms with E-state index < -0.39 is 6.09 Å². The number of imide groups is 1. The Morgan fingerprint density at radius 3 is 2.83 bits per heavy atom. The van der Waals surface area contributed by atoms with Crippen LogP contribution in [0.2, 0.25) is 0 Å². The van der Waals surface area contributed by atoms with Gasteiger partial charge in [-0.2, -0.15) is 0 Å². The molecule has 122 valence electrons. The van der Waals surface area contributed by atoms with Gasteiger partial charge >= 0.3 is 6.09 Å². The average Bonchev–Trinajstić information content (AvgIpc) is 2.77. The third-order valence-corrected chi connectivity index (χ3v) is 4.36. The van der Waals surface area contributed by atoms with Crippen molar-refractivity contribution in [1.29, 1.82) is 0 Å². The van der Waals surface area contributed by atoms with Crippen LogP contribution in [0, 0.1) is 5.92 Å². The molecule has 2 heterocycles. The predicted octanol–water partition coefficient (Wildman–Crippen LogP) is 1.49. The lowest BCUT2D eigenvalue weighted by Crippen LogP contribution is -2.45. The molecular weight excluding hydrogens is 296 g/mol. The highest BCUT2D eigenvalue weighted by Crippen LogP contribution is 2.22. The Kier molecular flexibility index (Phi) is 4.60. The molecule has 0 aliphatic carbocycles. The van der Waals surface area contributed by atoms with E-state index >= 15 is 0 Å². The first-order chi connectivity index (χ1) is 11.1. The Morgan fingerprint density at radius 2 is 2.04 bits per heavy atom. The number of rotatable bonds is 3. The fourth-order valence-corrected chi connectivity index (χ4v) is 3.11. The summed E-state index contributed by atoms with van der Waals surface area (Å²) in [5.41, 5.74) is 1.06. The summed E-state index contributed by atoms with van der Waals surface area (Å²) < 4.78 is 5.09. The maximum absolute atomic E-state index is 12.7. The number of amides is 3. The van der Waals surface area contributed by atoms with E-state index in [1.807, 2.05) is 30.3 Å². The van der Waals surface area contributed by atoms with E-state index in [1.165, 1.54) is 4.90 Å². The van der Waals surface area contributed by atoms with Crippen LogP contribution >= 0.6 is 0 Å². The van der Waals surface area contributed by atoms with Crippen LogP contribution in [0.25, 0.3) is 0 Å². The zero-order valence-corrected chi connectivity index (χ0v) is 12.9. The normalized spacial score (nSPS) is 24.8. The molecule has 6 nitrogen and oxygen atoms in total. The van der Waals surface area contributed by atoms with Crippen molar-refractivity contribution < 1.29 is 19.1 Å². The number of nitrogens with zero attached hydrogens (tertiary/aromatic N) is 1. The highest BCUT2D eigenvalue weighted by atomic mass is 16.6. The van der Waals surface area contributed by atoms with Crippen molar-refractivity contribution in [2.24, 2.45) is 5.92 Å². The van der Waals surface area contributed by atoms with Crippen LogP contribution in [-0.4, -0.2) is 42.0 Å². The molecule has 0 radical (unpaired) electrons. The first-order valence-corrected chi connectivity index (χ1v) is 7.95. The van der Waals surface area contributed by atoms with Gasteiger partial charge in [0.25, 0.3) is 0 Å². The van der Waals surface area contributed by atoms with Crippen molar-refractivity contribution in [2.45, 2.75) is 31.7 Å². The number of hydrogen-bond acceptors (Lipinski definition) is 4. The zero-order valence-electron chi connectivity index (χ0n) is 12.9. The van der Waals surface area contributed by atoms with Gasteiger partial charge in [-0.05, 0) is 24.8 Å². The van der Waals surface area contributed by atoms with Gasteiger partial charge in [0.1, 0.15) is 6.61 Å². The molecular formula is C17H20N2O4. The van der Waals surface area contributed by atoms with E-state index in [2.05, 4.69) is 5.32 Å². The molecule has 6 heteroatoms. The molecule has 2 atom stereocenters. The number of benzene rings is 1. The first kappa shape index (κ1) is 15.5. The second-order valence-corrected chi connectivity index (χ2v) is 6.02. The molecule has 0 spiro atoms. The van der Waals surface area contributed by atoms with Crippen LogP contribution in [0.1, 0.15) is 24.8 Å². The Balaban J connectivity index is 1.71. The molecule has 23 heavy (non-hydrogen) atoms. The third-order valence-electron chi connectivity index (χ3n) is 4.36. The van der Waals surface area contributed by atoms with E-state index in [-0.39, 0.29) is 30.4 Å². The quantitative estimate of drug-likeness (QED) is 0.917. The average molecular weight is 316 g/mol. The molecule has 2 fully saturated rings. The summed E-state index contributed by atoms with van der Waals surface area (Å²) in [6, 6.07) is 9.45. The van der Waals surface area contributed by atoms with Gasteiger partial charge in [0, 0.05) is 13.0 Å². The van der Waals surface area contributed by atoms with Gasteiger partial charge in [-0.25, -0.2) is 9.69 Å². The largest absolute Gasteiger partial charge is 0.447 e. The van der Waals surface area contributed by atoms with E-state index in [4.69, 9.17) is 4.74 Å². The van der Waals surface area contributed by atoms with Crippen molar-refractivity contribution >= 4 is 17.9 Å². The minimum atomic E-state index is -0.577. The number of carbonyl (C=O) groups excluding carboxylic acids is 3. The van der Waals surface area contributed by atoms with Crippen molar-refractivity contribution in [1.82, 2.24) is 10.2 Å². The van der Waals surface area contributed by atoms with Gasteiger partial charge in [-0.3, -0.25) is 9.59 Å². The SMILES string of the molecule is O=C1CCC[C@H](C(=O)N2C(=O)OC[C@H]2Cc2ccccc2)CN1. The summed E-state index contributed by atoms with van der Waals surface area (Å²) in [6.45, 7) is 0.512. The van der Waals surface area contributed by atoms with Crippen LogP contribution < -0.4 is 5.32 Å². The highest BCUT2D eigenvalue weighted by molar-refractivity contribution is 5.95. The predicted molar refractivity (Wildman–Crippen MR) is 82.5 cm³/mol. The minimum Gasteiger partial charge on any atom is -0.447 e. The van der Waals surface area contributed by atoms with Crippen LogP contribution in [0.15, 0.2) is 30.3 Å². The number of hydrogen-bond donors (Lipinski definition) is 1. The van der Waals surface area contributed by atoms with Gasteiger partial charge in [-0.15, -0.1) is 0 Å². The summed E-state index contributed by atoms with van der Waals surface area (Å²) in [6.07, 6.45) is 1.71. The number of carbonyl (C=O) groups is 3. The fourth-order valence-electron chi connectivity index (χ4n) is 3.11. The van der Waals surface area contributed by atoms with Crippen molar-refractivity contribution in [3.63, 3.8) is 0 Å². The topological polar surface area (TPSA) is 75.7 Å². The summed E-state index contributed by atoms with van der Waals surface area (Å²) in [5.74, 6) is -0.633. The van der Waals surface area contributed by atoms with Crippen molar-refractivity contribution in [2.75, 3.05) is 13.2 Å². The van der Waals surface area contributed by atoms with Crippen LogP contribution in [-0.2, 0) is 20.7 Å². The Morgan fingerprint density at radius 1 is 1.26 bits per heavy atom. The van der Waals surface area contributed by atoms with E-state index in [1.54, 1.807) is 0 Å². The molecule has 1 aromatic carbocycles. The first-order valence-electron chi connectivity index (χ1n) is 7.95. The highest BCUT2D eigenvalue weighted by Gasteiger charge is 2.41. The molecule has 2 saturated heterocycles. The molecule has 0 bridgehead atoms. The molecule has 0 aromatic heterocycles. The van der Waals surface area contributed by atoms with E-state index in [0.717, 1.165) is 5.56 Å². The Labute approximate surface area is 134 Å². The second-order valence-electron chi connectivity index (χ2n) is 6.02. The van der Waals surface area contributed by atoms with Gasteiger partial charge in [0.05, 0.1) is 12.0 Å². The smallest absolute Gasteiger partial charge is 0.416 e. The van der Waals surface area contributed by atoms with Gasteiger partial charge < -0.3 is 10.1 Å². The second kappa shape index (κ2) is 6.81. The fraction of sp³-hybridized carbons (Fsp3) is 0.471. The monoisotopic (exact) mass is 316 g/mol. The van der Waals surface area contributed by atoms with Gasteiger partial charge in [0.15, 0.2) is 0 Å². The summed E-state index contributed by atoms with van der Waals surface area (Å²) in [4.78, 5) is 37.4. The molecule has 2 aliphatic rings. The third kappa shape index (κ3) is 3.52. The summed E-state index contributed by atoms with van der Waals surface area (Å²) >= 11 is 0.